The Balaban J connectivity index is 0.000000845. The molecule has 13 heavy (non-hydrogen) atoms. The zero-order valence-electron chi connectivity index (χ0n) is 7.84. The number of nitrogens with one attached hydrogen (secondary N) is 1. The maximum absolute atomic E-state index is 11.7. The van der Waals surface area contributed by atoms with Gasteiger partial charge in [0, 0.05) is 0 Å². The molecule has 0 aromatic carbocycles. The van der Waals surface area contributed by atoms with E-state index in [2.05, 4.69) is 5.32 Å². The third-order valence-electron chi connectivity index (χ3n) is 3.06. The summed E-state index contributed by atoms with van der Waals surface area (Å²) in [4.78, 5) is 11.7. The molecule has 1 N–H and O–H groups in total. The van der Waals surface area contributed by atoms with Gasteiger partial charge in [0.25, 0.3) is 0 Å². The van der Waals surface area contributed by atoms with Crippen LogP contribution in [0.5, 0.6) is 0 Å². The van der Waals surface area contributed by atoms with E-state index >= 15 is 0 Å². The van der Waals surface area contributed by atoms with Crippen molar-refractivity contribution in [3.8, 4) is 0 Å². The van der Waals surface area contributed by atoms with Crippen LogP contribution in [0.15, 0.2) is 0 Å². The molecule has 1 spiro atoms. The fraction of sp³-hybridized carbons (Fsp3) is 0.889. The number of carbonyl (C=O) groups is 1. The van der Waals surface area contributed by atoms with Gasteiger partial charge in [-0.3, -0.25) is 4.79 Å². The zero-order valence-corrected chi connectivity index (χ0v) is 8.65. The fourth-order valence-electron chi connectivity index (χ4n) is 2.16. The van der Waals surface area contributed by atoms with Crippen molar-refractivity contribution in [2.45, 2.75) is 25.9 Å². The third-order valence-corrected chi connectivity index (χ3v) is 3.06. The minimum atomic E-state index is -0.164. The summed E-state index contributed by atoms with van der Waals surface area (Å²) < 4.78 is 5.38. The molecule has 2 aliphatic heterocycles. The van der Waals surface area contributed by atoms with Gasteiger partial charge in [0.05, 0.1) is 12.0 Å². The van der Waals surface area contributed by atoms with Gasteiger partial charge >= 0.3 is 0 Å². The molecule has 2 rings (SSSR count). The Morgan fingerprint density at radius 3 is 2.54 bits per heavy atom. The Morgan fingerprint density at radius 1 is 1.46 bits per heavy atom. The summed E-state index contributed by atoms with van der Waals surface area (Å²) in [5, 5.41) is 3.26. The van der Waals surface area contributed by atoms with Crippen molar-refractivity contribution in [1.82, 2.24) is 5.32 Å². The molecule has 76 valence electrons. The number of ether oxygens (including phenoxy) is 1. The summed E-state index contributed by atoms with van der Waals surface area (Å²) in [6.07, 6.45) is 1.75. The number of halogens is 1. The van der Waals surface area contributed by atoms with Crippen LogP contribution in [0.25, 0.3) is 0 Å². The molecule has 0 saturated carbocycles. The van der Waals surface area contributed by atoms with Crippen LogP contribution in [0.3, 0.4) is 0 Å². The summed E-state index contributed by atoms with van der Waals surface area (Å²) in [6, 6.07) is 0. The fourth-order valence-corrected chi connectivity index (χ4v) is 2.16. The highest BCUT2D eigenvalue weighted by Gasteiger charge is 2.47. The van der Waals surface area contributed by atoms with Gasteiger partial charge in [0.2, 0.25) is 0 Å². The lowest BCUT2D eigenvalue weighted by atomic mass is 9.76. The molecule has 0 bridgehead atoms. The molecule has 0 aliphatic carbocycles. The van der Waals surface area contributed by atoms with E-state index in [1.165, 1.54) is 0 Å². The Kier molecular flexibility index (Phi) is 3.33. The molecule has 0 amide bonds. The molecule has 0 aromatic rings. The zero-order chi connectivity index (χ0) is 8.60. The molecule has 2 fully saturated rings. The monoisotopic (exact) mass is 205 g/mol. The van der Waals surface area contributed by atoms with Crippen molar-refractivity contribution < 1.29 is 9.53 Å². The number of piperidine rings is 1. The van der Waals surface area contributed by atoms with Crippen LogP contribution >= 0.6 is 12.4 Å². The van der Waals surface area contributed by atoms with E-state index in [-0.39, 0.29) is 23.9 Å². The quantitative estimate of drug-likeness (QED) is 0.635. The molecule has 3 nitrogen and oxygen atoms in total. The number of hydrogen-bond donors (Lipinski definition) is 1. The lowest BCUT2D eigenvalue weighted by molar-refractivity contribution is -0.128. The van der Waals surface area contributed by atoms with Crippen molar-refractivity contribution in [1.29, 1.82) is 0 Å². The van der Waals surface area contributed by atoms with Gasteiger partial charge in [-0.25, -0.2) is 0 Å². The van der Waals surface area contributed by atoms with E-state index in [0.717, 1.165) is 25.9 Å². The summed E-state index contributed by atoms with van der Waals surface area (Å²) >= 11 is 0. The smallest absolute Gasteiger partial charge is 0.169 e. The summed E-state index contributed by atoms with van der Waals surface area (Å²) in [5.41, 5.74) is -0.120. The van der Waals surface area contributed by atoms with Gasteiger partial charge in [0.1, 0.15) is 6.10 Å². The maximum atomic E-state index is 11.7. The van der Waals surface area contributed by atoms with E-state index < -0.39 is 0 Å². The number of hydrogen-bond acceptors (Lipinski definition) is 3. The van der Waals surface area contributed by atoms with Crippen molar-refractivity contribution in [2.75, 3.05) is 19.7 Å². The predicted octanol–water partition coefficient (Wildman–Crippen LogP) is 0.766. The first kappa shape index (κ1) is 11.0. The van der Waals surface area contributed by atoms with Gasteiger partial charge in [-0.2, -0.15) is 0 Å². The van der Waals surface area contributed by atoms with E-state index in [4.69, 9.17) is 4.74 Å². The lowest BCUT2D eigenvalue weighted by Gasteiger charge is -2.30. The van der Waals surface area contributed by atoms with Crippen LogP contribution in [-0.2, 0) is 9.53 Å². The van der Waals surface area contributed by atoms with Crippen LogP contribution in [0.1, 0.15) is 19.8 Å². The van der Waals surface area contributed by atoms with Crippen molar-refractivity contribution in [2.24, 2.45) is 5.41 Å². The molecule has 0 radical (unpaired) electrons. The van der Waals surface area contributed by atoms with E-state index in [1.54, 1.807) is 0 Å². The molecule has 0 aromatic heterocycles. The van der Waals surface area contributed by atoms with Crippen molar-refractivity contribution >= 4 is 18.2 Å². The SMILES string of the molecule is C[C@@H]1OCC2(CCNCC2)C1=O.Cl. The summed E-state index contributed by atoms with van der Waals surface area (Å²) in [5.74, 6) is 0.323. The second-order valence-corrected chi connectivity index (χ2v) is 3.85. The van der Waals surface area contributed by atoms with Gasteiger partial charge in [0.15, 0.2) is 5.78 Å². The average Bonchev–Trinajstić information content (AvgIpc) is 2.37. The standard InChI is InChI=1S/C9H15NO2.ClH/c1-7-8(11)9(6-12-7)2-4-10-5-3-9;/h7,10H,2-6H2,1H3;1H/t7-;/m0./s1. The Bertz CT molecular complexity index is 196. The lowest BCUT2D eigenvalue weighted by Crippen LogP contribution is -2.42. The second-order valence-electron chi connectivity index (χ2n) is 3.85. The molecule has 4 heteroatoms. The van der Waals surface area contributed by atoms with Gasteiger partial charge < -0.3 is 10.1 Å². The predicted molar refractivity (Wildman–Crippen MR) is 52.2 cm³/mol. The first-order valence-corrected chi connectivity index (χ1v) is 4.61. The van der Waals surface area contributed by atoms with E-state index in [0.29, 0.717) is 12.4 Å². The first-order valence-electron chi connectivity index (χ1n) is 4.61. The molecule has 2 saturated heterocycles. The maximum Gasteiger partial charge on any atom is 0.169 e. The van der Waals surface area contributed by atoms with Crippen molar-refractivity contribution in [3.63, 3.8) is 0 Å². The van der Waals surface area contributed by atoms with Crippen LogP contribution in [-0.4, -0.2) is 31.6 Å². The Morgan fingerprint density at radius 2 is 2.08 bits per heavy atom. The first-order chi connectivity index (χ1) is 5.75. The summed E-state index contributed by atoms with van der Waals surface area (Å²) in [6.45, 7) is 4.43. The van der Waals surface area contributed by atoms with Gasteiger partial charge in [-0.15, -0.1) is 12.4 Å². The third kappa shape index (κ3) is 1.73. The highest BCUT2D eigenvalue weighted by molar-refractivity contribution is 5.90. The second kappa shape index (κ2) is 3.95. The van der Waals surface area contributed by atoms with E-state index in [1.807, 2.05) is 6.92 Å². The minimum Gasteiger partial charge on any atom is -0.370 e. The normalized spacial score (nSPS) is 31.8. The largest absolute Gasteiger partial charge is 0.370 e. The minimum absolute atomic E-state index is 0. The van der Waals surface area contributed by atoms with Crippen molar-refractivity contribution in [3.05, 3.63) is 0 Å². The Hall–Kier alpha value is -0.120. The molecule has 2 aliphatic rings. The average molecular weight is 206 g/mol. The molecular weight excluding hydrogens is 190 g/mol. The van der Waals surface area contributed by atoms with Gasteiger partial charge in [-0.1, -0.05) is 0 Å². The van der Waals surface area contributed by atoms with Gasteiger partial charge in [-0.05, 0) is 32.9 Å². The molecule has 0 unspecified atom stereocenters. The number of carbonyl (C=O) groups excluding carboxylic acids is 1. The van der Waals surface area contributed by atoms with Crippen LogP contribution in [0, 0.1) is 5.41 Å². The molecular formula is C9H16ClNO2. The van der Waals surface area contributed by atoms with Crippen LogP contribution in [0.2, 0.25) is 0 Å². The number of ketones is 1. The Labute approximate surface area is 84.6 Å². The topological polar surface area (TPSA) is 38.3 Å². The molecule has 1 atom stereocenters. The van der Waals surface area contributed by atoms with E-state index in [9.17, 15) is 4.79 Å². The highest BCUT2D eigenvalue weighted by Crippen LogP contribution is 2.36. The summed E-state index contributed by atoms with van der Waals surface area (Å²) in [7, 11) is 0. The van der Waals surface area contributed by atoms with Crippen LogP contribution < -0.4 is 5.32 Å². The molecule has 2 heterocycles. The number of Topliss-reactive ketones (excluding diaryl/α,β-unsaturated/α-hetero) is 1. The number of rotatable bonds is 0. The van der Waals surface area contributed by atoms with Crippen LogP contribution in [0.4, 0.5) is 0 Å². The highest BCUT2D eigenvalue weighted by atomic mass is 35.5.